The van der Waals surface area contributed by atoms with Crippen molar-refractivity contribution in [2.24, 2.45) is 0 Å². The lowest BCUT2D eigenvalue weighted by atomic mass is 10.2. The Bertz CT molecular complexity index is 1370. The summed E-state index contributed by atoms with van der Waals surface area (Å²) in [6.45, 7) is -0.0495. The highest BCUT2D eigenvalue weighted by atomic mass is 79.9. The van der Waals surface area contributed by atoms with E-state index in [2.05, 4.69) is 21.2 Å². The lowest BCUT2D eigenvalue weighted by molar-refractivity contribution is -0.116. The van der Waals surface area contributed by atoms with Gasteiger partial charge in [-0.2, -0.15) is 0 Å². The van der Waals surface area contributed by atoms with E-state index in [1.54, 1.807) is 47.0 Å². The zero-order valence-corrected chi connectivity index (χ0v) is 18.7. The summed E-state index contributed by atoms with van der Waals surface area (Å²) in [5.41, 5.74) is 1.64. The number of halogens is 2. The molecule has 31 heavy (non-hydrogen) atoms. The average Bonchev–Trinajstić information content (AvgIpc) is 3.09. The zero-order valence-electron chi connectivity index (χ0n) is 16.3. The van der Waals surface area contributed by atoms with Gasteiger partial charge in [0.15, 0.2) is 9.84 Å². The fourth-order valence-corrected chi connectivity index (χ4v) is 5.24. The second kappa shape index (κ2) is 8.64. The van der Waals surface area contributed by atoms with E-state index in [-0.39, 0.29) is 23.1 Å². The molecular weight excluding hydrogens is 483 g/mol. The summed E-state index contributed by atoms with van der Waals surface area (Å²) >= 11 is 3.35. The molecule has 0 saturated carbocycles. The van der Waals surface area contributed by atoms with Crippen LogP contribution < -0.4 is 5.32 Å². The number of nitrogens with one attached hydrogen (secondary N) is 1. The van der Waals surface area contributed by atoms with E-state index in [0.29, 0.717) is 22.2 Å². The van der Waals surface area contributed by atoms with Crippen LogP contribution in [0.3, 0.4) is 0 Å². The number of rotatable bonds is 6. The number of aromatic nitrogens is 1. The van der Waals surface area contributed by atoms with Gasteiger partial charge in [-0.3, -0.25) is 4.79 Å². The fraction of sp³-hybridized carbons (Fsp3) is 0.0870. The molecule has 4 aromatic rings. The Kier molecular flexibility index (Phi) is 5.93. The maximum absolute atomic E-state index is 13.5. The summed E-state index contributed by atoms with van der Waals surface area (Å²) in [7, 11) is -3.76. The number of nitrogens with zero attached hydrogens (tertiary/aromatic N) is 1. The second-order valence-electron chi connectivity index (χ2n) is 7.08. The molecule has 3 aromatic carbocycles. The lowest BCUT2D eigenvalue weighted by Gasteiger charge is -2.07. The molecule has 0 bridgehead atoms. The average molecular weight is 501 g/mol. The predicted molar refractivity (Wildman–Crippen MR) is 122 cm³/mol. The molecule has 0 aliphatic heterocycles. The van der Waals surface area contributed by atoms with Crippen molar-refractivity contribution in [1.29, 1.82) is 0 Å². The van der Waals surface area contributed by atoms with Crippen molar-refractivity contribution in [1.82, 2.24) is 4.57 Å². The predicted octanol–water partition coefficient (Wildman–Crippen LogP) is 5.16. The van der Waals surface area contributed by atoms with Crippen LogP contribution in [0.15, 0.2) is 88.4 Å². The van der Waals surface area contributed by atoms with Crippen LogP contribution in [0, 0.1) is 5.82 Å². The second-order valence-corrected chi connectivity index (χ2v) is 9.96. The van der Waals surface area contributed by atoms with E-state index in [9.17, 15) is 17.6 Å². The van der Waals surface area contributed by atoms with E-state index in [1.165, 1.54) is 24.4 Å². The minimum atomic E-state index is -3.76. The first-order valence-corrected chi connectivity index (χ1v) is 11.9. The van der Waals surface area contributed by atoms with Crippen molar-refractivity contribution < 1.29 is 17.6 Å². The highest BCUT2D eigenvalue weighted by molar-refractivity contribution is 9.10. The molecule has 5 nitrogen and oxygen atoms in total. The molecule has 1 heterocycles. The first-order valence-electron chi connectivity index (χ1n) is 9.42. The molecule has 1 amide bonds. The highest BCUT2D eigenvalue weighted by Crippen LogP contribution is 2.28. The van der Waals surface area contributed by atoms with Gasteiger partial charge in [0.25, 0.3) is 0 Å². The summed E-state index contributed by atoms with van der Waals surface area (Å²) in [6.07, 6.45) is 1.47. The molecular formula is C23H18BrFN2O3S. The smallest absolute Gasteiger partial charge is 0.244 e. The standard InChI is InChI=1S/C23H18BrFN2O3S/c24-17-8-10-19(11-9-17)26-23(28)14-27-13-22(20-6-1-2-7-21(20)27)31(29,30)15-16-4-3-5-18(25)12-16/h1-13H,14-15H2,(H,26,28). The van der Waals surface area contributed by atoms with Crippen molar-refractivity contribution in [3.63, 3.8) is 0 Å². The van der Waals surface area contributed by atoms with Gasteiger partial charge in [0, 0.05) is 27.3 Å². The van der Waals surface area contributed by atoms with Gasteiger partial charge in [-0.25, -0.2) is 12.8 Å². The maximum Gasteiger partial charge on any atom is 0.244 e. The summed E-state index contributed by atoms with van der Waals surface area (Å²) in [5.74, 6) is -1.10. The molecule has 0 aliphatic carbocycles. The Morgan fingerprint density at radius 2 is 1.74 bits per heavy atom. The molecule has 0 spiro atoms. The van der Waals surface area contributed by atoms with Gasteiger partial charge in [-0.1, -0.05) is 46.3 Å². The van der Waals surface area contributed by atoms with Gasteiger partial charge in [0.2, 0.25) is 5.91 Å². The molecule has 0 saturated heterocycles. The van der Waals surface area contributed by atoms with E-state index in [4.69, 9.17) is 0 Å². The lowest BCUT2D eigenvalue weighted by Crippen LogP contribution is -2.18. The topological polar surface area (TPSA) is 68.2 Å². The Balaban J connectivity index is 1.64. The van der Waals surface area contributed by atoms with Crippen LogP contribution >= 0.6 is 15.9 Å². The number of hydrogen-bond donors (Lipinski definition) is 1. The number of fused-ring (bicyclic) bond motifs is 1. The third-order valence-corrected chi connectivity index (χ3v) is 7.01. The molecule has 1 N–H and O–H groups in total. The summed E-state index contributed by atoms with van der Waals surface area (Å²) in [6, 6.07) is 19.7. The SMILES string of the molecule is O=C(Cn1cc(S(=O)(=O)Cc2cccc(F)c2)c2ccccc21)Nc1ccc(Br)cc1. The van der Waals surface area contributed by atoms with Crippen LogP contribution in [-0.4, -0.2) is 18.9 Å². The van der Waals surface area contributed by atoms with Gasteiger partial charge in [-0.05, 0) is 48.0 Å². The molecule has 0 radical (unpaired) electrons. The number of carbonyl (C=O) groups excluding carboxylic acids is 1. The number of carbonyl (C=O) groups is 1. The Hall–Kier alpha value is -2.97. The summed E-state index contributed by atoms with van der Waals surface area (Å²) in [5, 5.41) is 3.33. The molecule has 1 aromatic heterocycles. The van der Waals surface area contributed by atoms with E-state index < -0.39 is 15.7 Å². The summed E-state index contributed by atoms with van der Waals surface area (Å²) in [4.78, 5) is 12.7. The van der Waals surface area contributed by atoms with E-state index in [0.717, 1.165) is 4.47 Å². The minimum absolute atomic E-state index is 0.0495. The Morgan fingerprint density at radius 1 is 1.00 bits per heavy atom. The summed E-state index contributed by atoms with van der Waals surface area (Å²) < 4.78 is 42.2. The van der Waals surface area contributed by atoms with Crippen molar-refractivity contribution in [2.45, 2.75) is 17.2 Å². The number of benzene rings is 3. The first-order chi connectivity index (χ1) is 14.8. The Labute approximate surface area is 187 Å². The van der Waals surface area contributed by atoms with Crippen molar-refractivity contribution in [2.75, 3.05) is 5.32 Å². The van der Waals surface area contributed by atoms with Crippen molar-refractivity contribution in [3.8, 4) is 0 Å². The van der Waals surface area contributed by atoms with E-state index >= 15 is 0 Å². The van der Waals surface area contributed by atoms with Gasteiger partial charge >= 0.3 is 0 Å². The number of amides is 1. The number of para-hydroxylation sites is 1. The molecule has 0 unspecified atom stereocenters. The van der Waals surface area contributed by atoms with E-state index in [1.807, 2.05) is 12.1 Å². The van der Waals surface area contributed by atoms with Crippen LogP contribution in [0.5, 0.6) is 0 Å². The van der Waals surface area contributed by atoms with Crippen LogP contribution in [0.2, 0.25) is 0 Å². The number of hydrogen-bond acceptors (Lipinski definition) is 3. The molecule has 0 fully saturated rings. The quantitative estimate of drug-likeness (QED) is 0.397. The van der Waals surface area contributed by atoms with Crippen LogP contribution in [0.4, 0.5) is 10.1 Å². The van der Waals surface area contributed by atoms with Crippen LogP contribution in [0.1, 0.15) is 5.56 Å². The molecule has 4 rings (SSSR count). The minimum Gasteiger partial charge on any atom is -0.337 e. The van der Waals surface area contributed by atoms with Gasteiger partial charge in [0.05, 0.1) is 10.6 Å². The third kappa shape index (κ3) is 4.86. The van der Waals surface area contributed by atoms with Crippen molar-refractivity contribution in [3.05, 3.63) is 94.8 Å². The molecule has 0 aliphatic rings. The highest BCUT2D eigenvalue weighted by Gasteiger charge is 2.22. The molecule has 0 atom stereocenters. The third-order valence-electron chi connectivity index (χ3n) is 4.77. The van der Waals surface area contributed by atoms with Gasteiger partial charge in [-0.15, -0.1) is 0 Å². The van der Waals surface area contributed by atoms with Gasteiger partial charge < -0.3 is 9.88 Å². The largest absolute Gasteiger partial charge is 0.337 e. The van der Waals surface area contributed by atoms with Gasteiger partial charge in [0.1, 0.15) is 12.4 Å². The molecule has 8 heteroatoms. The zero-order chi connectivity index (χ0) is 22.0. The van der Waals surface area contributed by atoms with Crippen LogP contribution in [0.25, 0.3) is 10.9 Å². The monoisotopic (exact) mass is 500 g/mol. The Morgan fingerprint density at radius 3 is 2.48 bits per heavy atom. The maximum atomic E-state index is 13.5. The van der Waals surface area contributed by atoms with Crippen molar-refractivity contribution >= 4 is 48.3 Å². The van der Waals surface area contributed by atoms with Crippen LogP contribution in [-0.2, 0) is 26.9 Å². The first kappa shape index (κ1) is 21.3. The fourth-order valence-electron chi connectivity index (χ4n) is 3.40. The normalized spacial score (nSPS) is 11.5. The number of sulfone groups is 1. The number of anilines is 1. The molecule has 158 valence electrons.